The van der Waals surface area contributed by atoms with Gasteiger partial charge in [0.25, 0.3) is 0 Å². The van der Waals surface area contributed by atoms with E-state index < -0.39 is 0 Å². The Labute approximate surface area is 123 Å². The van der Waals surface area contributed by atoms with Gasteiger partial charge in [0.2, 0.25) is 0 Å². The lowest BCUT2D eigenvalue weighted by molar-refractivity contribution is 0.414. The number of methoxy groups -OCH3 is 2. The standard InChI is InChI=1S/C16H20BO2P/c1-11-9-13(18-3)5-7-15(11)20(17)16-8-6-14(19-4)10-12(16)2/h5-10H,17H2,1-4H3. The van der Waals surface area contributed by atoms with Crippen molar-refractivity contribution in [2.75, 3.05) is 14.2 Å². The molecule has 0 aliphatic carbocycles. The van der Waals surface area contributed by atoms with Crippen molar-refractivity contribution in [3.05, 3.63) is 47.5 Å². The third-order valence-electron chi connectivity index (χ3n) is 3.53. The fourth-order valence-electron chi connectivity index (χ4n) is 2.39. The van der Waals surface area contributed by atoms with Crippen LogP contribution in [0.5, 0.6) is 11.5 Å². The van der Waals surface area contributed by atoms with Crippen molar-refractivity contribution in [1.29, 1.82) is 0 Å². The smallest absolute Gasteiger partial charge is 0.145 e. The first-order valence-corrected chi connectivity index (χ1v) is 8.38. The monoisotopic (exact) mass is 286 g/mol. The number of benzene rings is 2. The van der Waals surface area contributed by atoms with E-state index in [-0.39, 0.29) is 7.80 Å². The van der Waals surface area contributed by atoms with E-state index in [0.717, 1.165) is 11.5 Å². The largest absolute Gasteiger partial charge is 0.497 e. The summed E-state index contributed by atoms with van der Waals surface area (Å²) in [5.74, 6) is 1.84. The number of rotatable bonds is 4. The molecule has 0 fully saturated rings. The lowest BCUT2D eigenvalue weighted by atomic mass is 10.2. The van der Waals surface area contributed by atoms with Gasteiger partial charge in [0.1, 0.15) is 19.1 Å². The molecule has 0 N–H and O–H groups in total. The molecule has 0 spiro atoms. The van der Waals surface area contributed by atoms with Gasteiger partial charge in [0.15, 0.2) is 0 Å². The summed E-state index contributed by atoms with van der Waals surface area (Å²) in [6.45, 7) is 4.30. The summed E-state index contributed by atoms with van der Waals surface area (Å²) in [7, 11) is 5.36. The lowest BCUT2D eigenvalue weighted by Gasteiger charge is -2.19. The van der Waals surface area contributed by atoms with E-state index in [1.54, 1.807) is 14.2 Å². The van der Waals surface area contributed by atoms with Gasteiger partial charge in [-0.2, -0.15) is 0 Å². The molecule has 0 heterocycles. The normalized spacial score (nSPS) is 10.7. The van der Waals surface area contributed by atoms with Gasteiger partial charge < -0.3 is 9.47 Å². The molecular weight excluding hydrogens is 266 g/mol. The molecule has 2 aromatic carbocycles. The molecule has 0 amide bonds. The molecule has 0 unspecified atom stereocenters. The third-order valence-corrected chi connectivity index (χ3v) is 5.98. The maximum absolute atomic E-state index is 5.28. The summed E-state index contributed by atoms with van der Waals surface area (Å²) >= 11 is 0. The third kappa shape index (κ3) is 2.99. The molecule has 0 radical (unpaired) electrons. The molecule has 0 aliphatic heterocycles. The van der Waals surface area contributed by atoms with E-state index in [0.29, 0.717) is 0 Å². The van der Waals surface area contributed by atoms with Crippen molar-refractivity contribution < 1.29 is 9.47 Å². The van der Waals surface area contributed by atoms with Gasteiger partial charge in [-0.15, -0.1) is 0 Å². The van der Waals surface area contributed by atoms with Crippen LogP contribution in [0.25, 0.3) is 0 Å². The Morgan fingerprint density at radius 2 is 1.20 bits per heavy atom. The Morgan fingerprint density at radius 1 is 0.800 bits per heavy atom. The minimum Gasteiger partial charge on any atom is -0.497 e. The average Bonchev–Trinajstić information content (AvgIpc) is 2.46. The Bertz CT molecular complexity index is 560. The number of hydrogen-bond acceptors (Lipinski definition) is 2. The minimum atomic E-state index is -0.358. The van der Waals surface area contributed by atoms with Gasteiger partial charge in [-0.25, -0.2) is 0 Å². The fourth-order valence-corrected chi connectivity index (χ4v) is 4.44. The summed E-state index contributed by atoms with van der Waals surface area (Å²) in [6, 6.07) is 12.7. The van der Waals surface area contributed by atoms with Crippen LogP contribution in [0.15, 0.2) is 36.4 Å². The number of hydrogen-bond donors (Lipinski definition) is 0. The average molecular weight is 286 g/mol. The van der Waals surface area contributed by atoms with Gasteiger partial charge in [0.05, 0.1) is 14.2 Å². The Morgan fingerprint density at radius 3 is 1.50 bits per heavy atom. The van der Waals surface area contributed by atoms with Gasteiger partial charge in [-0.05, 0) is 59.8 Å². The van der Waals surface area contributed by atoms with Crippen LogP contribution < -0.4 is 20.1 Å². The van der Waals surface area contributed by atoms with E-state index in [1.807, 2.05) is 12.1 Å². The summed E-state index contributed by atoms with van der Waals surface area (Å²) in [5.41, 5.74) is 2.57. The Hall–Kier alpha value is -1.47. The molecule has 0 aliphatic rings. The van der Waals surface area contributed by atoms with Crippen LogP contribution in [-0.2, 0) is 0 Å². The first kappa shape index (κ1) is 14.9. The predicted molar refractivity (Wildman–Crippen MR) is 90.2 cm³/mol. The molecule has 2 rings (SSSR count). The highest BCUT2D eigenvalue weighted by Gasteiger charge is 2.13. The maximum Gasteiger partial charge on any atom is 0.145 e. The van der Waals surface area contributed by atoms with Crippen LogP contribution >= 0.6 is 7.80 Å². The second-order valence-corrected chi connectivity index (χ2v) is 6.95. The molecule has 104 valence electrons. The molecule has 0 bridgehead atoms. The predicted octanol–water partition coefficient (Wildman–Crippen LogP) is 2.30. The highest BCUT2D eigenvalue weighted by molar-refractivity contribution is 7.94. The molecule has 0 atom stereocenters. The van der Waals surface area contributed by atoms with E-state index in [2.05, 4.69) is 45.7 Å². The van der Waals surface area contributed by atoms with Crippen LogP contribution in [0.3, 0.4) is 0 Å². The van der Waals surface area contributed by atoms with Crippen molar-refractivity contribution in [3.63, 3.8) is 0 Å². The van der Waals surface area contributed by atoms with E-state index in [9.17, 15) is 0 Å². The summed E-state index contributed by atoms with van der Waals surface area (Å²) in [5, 5.41) is 2.79. The van der Waals surface area contributed by atoms with Crippen LogP contribution in [0.1, 0.15) is 11.1 Å². The highest BCUT2D eigenvalue weighted by atomic mass is 31.1. The zero-order valence-electron chi connectivity index (χ0n) is 12.7. The van der Waals surface area contributed by atoms with Crippen LogP contribution in [0.4, 0.5) is 0 Å². The Kier molecular flexibility index (Phi) is 4.72. The molecule has 2 aromatic rings. The molecule has 0 saturated carbocycles. The molecular formula is C16H20BO2P. The second kappa shape index (κ2) is 6.32. The molecule has 0 aromatic heterocycles. The first-order chi connectivity index (χ1) is 9.56. The summed E-state index contributed by atoms with van der Waals surface area (Å²) in [4.78, 5) is 0. The summed E-state index contributed by atoms with van der Waals surface area (Å²) < 4.78 is 10.6. The van der Waals surface area contributed by atoms with E-state index >= 15 is 0 Å². The lowest BCUT2D eigenvalue weighted by Crippen LogP contribution is -2.16. The van der Waals surface area contributed by atoms with Crippen LogP contribution in [0, 0.1) is 13.8 Å². The van der Waals surface area contributed by atoms with Crippen molar-refractivity contribution in [3.8, 4) is 11.5 Å². The van der Waals surface area contributed by atoms with Gasteiger partial charge in [-0.1, -0.05) is 19.9 Å². The van der Waals surface area contributed by atoms with E-state index in [4.69, 9.17) is 9.47 Å². The quantitative estimate of drug-likeness (QED) is 0.634. The summed E-state index contributed by atoms with van der Waals surface area (Å²) in [6.07, 6.45) is 0. The first-order valence-electron chi connectivity index (χ1n) is 6.60. The Balaban J connectivity index is 2.38. The van der Waals surface area contributed by atoms with Crippen molar-refractivity contribution in [2.45, 2.75) is 13.8 Å². The van der Waals surface area contributed by atoms with Crippen LogP contribution in [0.2, 0.25) is 0 Å². The molecule has 0 saturated heterocycles. The topological polar surface area (TPSA) is 18.5 Å². The molecule has 2 nitrogen and oxygen atoms in total. The second-order valence-electron chi connectivity index (χ2n) is 4.86. The zero-order valence-corrected chi connectivity index (χ0v) is 13.6. The van der Waals surface area contributed by atoms with Gasteiger partial charge in [-0.3, -0.25) is 0 Å². The van der Waals surface area contributed by atoms with Crippen molar-refractivity contribution >= 4 is 26.0 Å². The minimum absolute atomic E-state index is 0.358. The highest BCUT2D eigenvalue weighted by Crippen LogP contribution is 2.32. The van der Waals surface area contributed by atoms with Crippen LogP contribution in [-0.4, -0.2) is 21.8 Å². The van der Waals surface area contributed by atoms with Crippen molar-refractivity contribution in [1.82, 2.24) is 0 Å². The SMILES string of the molecule is BP(c1ccc(OC)cc1C)c1ccc(OC)cc1C. The molecule has 20 heavy (non-hydrogen) atoms. The van der Waals surface area contributed by atoms with E-state index in [1.165, 1.54) is 21.7 Å². The maximum atomic E-state index is 5.28. The van der Waals surface area contributed by atoms with Gasteiger partial charge >= 0.3 is 0 Å². The van der Waals surface area contributed by atoms with Crippen molar-refractivity contribution in [2.24, 2.45) is 0 Å². The molecule has 4 heteroatoms. The van der Waals surface area contributed by atoms with Gasteiger partial charge in [0, 0.05) is 0 Å². The zero-order chi connectivity index (χ0) is 14.7. The number of ether oxygens (including phenoxy) is 2. The number of aryl methyl sites for hydroxylation is 2. The fraction of sp³-hybridized carbons (Fsp3) is 0.250.